The molecule has 1 fully saturated rings. The monoisotopic (exact) mass is 364 g/mol. The molecule has 0 saturated carbocycles. The molecule has 0 radical (unpaired) electrons. The summed E-state index contributed by atoms with van der Waals surface area (Å²) in [6.07, 6.45) is -4.56. The number of halogens is 4. The summed E-state index contributed by atoms with van der Waals surface area (Å²) in [4.78, 5) is 22.8. The smallest absolute Gasteiger partial charge is 0.350 e. The largest absolute Gasteiger partial charge is 0.405 e. The van der Waals surface area contributed by atoms with Gasteiger partial charge >= 0.3 is 6.18 Å². The first-order valence-electron chi connectivity index (χ1n) is 7.44. The molecule has 1 unspecified atom stereocenters. The van der Waals surface area contributed by atoms with Gasteiger partial charge in [-0.1, -0.05) is 0 Å². The van der Waals surface area contributed by atoms with Crippen molar-refractivity contribution in [3.05, 3.63) is 39.7 Å². The molecule has 1 atom stereocenters. The number of carbonyl (C=O) groups is 1. The molecule has 0 spiro atoms. The van der Waals surface area contributed by atoms with Crippen LogP contribution in [0.1, 0.15) is 10.4 Å². The fourth-order valence-corrected chi connectivity index (χ4v) is 2.53. The van der Waals surface area contributed by atoms with E-state index >= 15 is 0 Å². The summed E-state index contributed by atoms with van der Waals surface area (Å²) in [6, 6.07) is 0.442. The number of nitro benzene ring substituents is 1. The number of non-ortho nitro benzene ring substituents is 1. The predicted octanol–water partition coefficient (Wildman–Crippen LogP) is 1.30. The van der Waals surface area contributed by atoms with Gasteiger partial charge in [0.15, 0.2) is 0 Å². The second kappa shape index (κ2) is 7.74. The molecule has 11 heteroatoms. The first-order chi connectivity index (χ1) is 11.7. The molecule has 1 aromatic carbocycles. The van der Waals surface area contributed by atoms with Crippen molar-refractivity contribution < 1.29 is 27.3 Å². The SMILES string of the molecule is O=C(NCC(N1CCNCC1)C(F)(F)F)c1ccc([N+](=O)[O-])cc1F. The average molecular weight is 364 g/mol. The highest BCUT2D eigenvalue weighted by atomic mass is 19.4. The van der Waals surface area contributed by atoms with Crippen molar-refractivity contribution in [1.29, 1.82) is 0 Å². The van der Waals surface area contributed by atoms with E-state index in [1.807, 2.05) is 0 Å². The molecule has 25 heavy (non-hydrogen) atoms. The number of hydrogen-bond acceptors (Lipinski definition) is 5. The van der Waals surface area contributed by atoms with Crippen LogP contribution in [-0.2, 0) is 0 Å². The zero-order valence-electron chi connectivity index (χ0n) is 13.0. The van der Waals surface area contributed by atoms with Gasteiger partial charge in [0.1, 0.15) is 11.9 Å². The van der Waals surface area contributed by atoms with Gasteiger partial charge in [0, 0.05) is 38.8 Å². The highest BCUT2D eigenvalue weighted by Gasteiger charge is 2.43. The van der Waals surface area contributed by atoms with Crippen molar-refractivity contribution in [3.63, 3.8) is 0 Å². The number of piperazine rings is 1. The van der Waals surface area contributed by atoms with Crippen molar-refractivity contribution in [1.82, 2.24) is 15.5 Å². The van der Waals surface area contributed by atoms with Crippen LogP contribution >= 0.6 is 0 Å². The third-order valence-electron chi connectivity index (χ3n) is 3.83. The zero-order chi connectivity index (χ0) is 18.6. The standard InChI is InChI=1S/C14H16F4N4O3/c15-11-7-9(22(24)25)1-2-10(11)13(23)20-8-12(14(16,17)18)21-5-3-19-4-6-21/h1-2,7,12,19H,3-6,8H2,(H,20,23). The molecule has 2 N–H and O–H groups in total. The lowest BCUT2D eigenvalue weighted by atomic mass is 10.1. The number of nitro groups is 1. The topological polar surface area (TPSA) is 87.5 Å². The number of nitrogens with zero attached hydrogens (tertiary/aromatic N) is 2. The Kier molecular flexibility index (Phi) is 5.90. The summed E-state index contributed by atoms with van der Waals surface area (Å²) in [5, 5.41) is 15.5. The van der Waals surface area contributed by atoms with Gasteiger partial charge in [0.05, 0.1) is 16.6 Å². The average Bonchev–Trinajstić information content (AvgIpc) is 2.54. The van der Waals surface area contributed by atoms with Crippen molar-refractivity contribution in [3.8, 4) is 0 Å². The first kappa shape index (κ1) is 19.1. The lowest BCUT2D eigenvalue weighted by Crippen LogP contribution is -2.57. The summed E-state index contributed by atoms with van der Waals surface area (Å²) < 4.78 is 53.4. The minimum atomic E-state index is -4.56. The Morgan fingerprint density at radius 2 is 2.00 bits per heavy atom. The van der Waals surface area contributed by atoms with E-state index < -0.39 is 46.7 Å². The van der Waals surface area contributed by atoms with Crippen LogP contribution in [0.25, 0.3) is 0 Å². The first-order valence-corrected chi connectivity index (χ1v) is 7.44. The van der Waals surface area contributed by atoms with Crippen molar-refractivity contribution >= 4 is 11.6 Å². The molecule has 7 nitrogen and oxygen atoms in total. The summed E-state index contributed by atoms with van der Waals surface area (Å²) in [6.45, 7) is 0.408. The number of carbonyl (C=O) groups excluding carboxylic acids is 1. The van der Waals surface area contributed by atoms with E-state index in [0.717, 1.165) is 12.1 Å². The van der Waals surface area contributed by atoms with Crippen LogP contribution in [0.4, 0.5) is 23.2 Å². The maximum absolute atomic E-state index is 13.8. The van der Waals surface area contributed by atoms with E-state index in [1.54, 1.807) is 0 Å². The maximum atomic E-state index is 13.8. The van der Waals surface area contributed by atoms with Gasteiger partial charge in [0.25, 0.3) is 11.6 Å². The Labute approximate surface area is 140 Å². The quantitative estimate of drug-likeness (QED) is 0.467. The van der Waals surface area contributed by atoms with Crippen LogP contribution in [0.2, 0.25) is 0 Å². The Balaban J connectivity index is 2.07. The van der Waals surface area contributed by atoms with Crippen LogP contribution in [0.15, 0.2) is 18.2 Å². The van der Waals surface area contributed by atoms with Crippen LogP contribution in [-0.4, -0.2) is 60.7 Å². The molecule has 0 aliphatic carbocycles. The second-order valence-electron chi connectivity index (χ2n) is 5.47. The molecule has 1 heterocycles. The highest BCUT2D eigenvalue weighted by Crippen LogP contribution is 2.25. The van der Waals surface area contributed by atoms with Crippen molar-refractivity contribution in [2.45, 2.75) is 12.2 Å². The van der Waals surface area contributed by atoms with Crippen LogP contribution < -0.4 is 10.6 Å². The molecule has 1 amide bonds. The zero-order valence-corrected chi connectivity index (χ0v) is 13.0. The van der Waals surface area contributed by atoms with Gasteiger partial charge < -0.3 is 10.6 Å². The van der Waals surface area contributed by atoms with Crippen LogP contribution in [0.5, 0.6) is 0 Å². The molecule has 1 aromatic rings. The second-order valence-corrected chi connectivity index (χ2v) is 5.47. The fraction of sp³-hybridized carbons (Fsp3) is 0.500. The van der Waals surface area contributed by atoms with Crippen LogP contribution in [0, 0.1) is 15.9 Å². The highest BCUT2D eigenvalue weighted by molar-refractivity contribution is 5.94. The van der Waals surface area contributed by atoms with Gasteiger partial charge in [-0.15, -0.1) is 0 Å². The molecule has 1 saturated heterocycles. The van der Waals surface area contributed by atoms with Crippen LogP contribution in [0.3, 0.4) is 0 Å². The number of hydrogen-bond donors (Lipinski definition) is 2. The third-order valence-corrected chi connectivity index (χ3v) is 3.83. The molecule has 0 bridgehead atoms. The Morgan fingerprint density at radius 3 is 2.52 bits per heavy atom. The molecule has 1 aliphatic heterocycles. The van der Waals surface area contributed by atoms with E-state index in [0.29, 0.717) is 19.2 Å². The van der Waals surface area contributed by atoms with E-state index in [1.165, 1.54) is 4.90 Å². The van der Waals surface area contributed by atoms with Crippen molar-refractivity contribution in [2.24, 2.45) is 0 Å². The normalized spacial score (nSPS) is 17.1. The number of amides is 1. The molecule has 138 valence electrons. The lowest BCUT2D eigenvalue weighted by Gasteiger charge is -2.35. The third kappa shape index (κ3) is 4.86. The van der Waals surface area contributed by atoms with E-state index in [2.05, 4.69) is 10.6 Å². The summed E-state index contributed by atoms with van der Waals surface area (Å²) in [5.41, 5.74) is -1.10. The minimum absolute atomic E-state index is 0.173. The Hall–Kier alpha value is -2.27. The molecule has 2 rings (SSSR count). The van der Waals surface area contributed by atoms with Gasteiger partial charge in [-0.3, -0.25) is 19.8 Å². The summed E-state index contributed by atoms with van der Waals surface area (Å²) in [5.74, 6) is -2.23. The Morgan fingerprint density at radius 1 is 1.36 bits per heavy atom. The molecule has 0 aromatic heterocycles. The number of rotatable bonds is 5. The van der Waals surface area contributed by atoms with Crippen molar-refractivity contribution in [2.75, 3.05) is 32.7 Å². The number of alkyl halides is 3. The van der Waals surface area contributed by atoms with Gasteiger partial charge in [-0.2, -0.15) is 13.2 Å². The molecular weight excluding hydrogens is 348 g/mol. The van der Waals surface area contributed by atoms with E-state index in [9.17, 15) is 32.5 Å². The van der Waals surface area contributed by atoms with Gasteiger partial charge in [-0.05, 0) is 6.07 Å². The minimum Gasteiger partial charge on any atom is -0.350 e. The fourth-order valence-electron chi connectivity index (χ4n) is 2.53. The Bertz CT molecular complexity index is 647. The summed E-state index contributed by atoms with van der Waals surface area (Å²) in [7, 11) is 0. The predicted molar refractivity (Wildman–Crippen MR) is 79.7 cm³/mol. The number of nitrogens with one attached hydrogen (secondary N) is 2. The van der Waals surface area contributed by atoms with E-state index in [-0.39, 0.29) is 13.1 Å². The van der Waals surface area contributed by atoms with E-state index in [4.69, 9.17) is 0 Å². The lowest BCUT2D eigenvalue weighted by molar-refractivity contribution is -0.385. The maximum Gasteiger partial charge on any atom is 0.405 e. The summed E-state index contributed by atoms with van der Waals surface area (Å²) >= 11 is 0. The van der Waals surface area contributed by atoms with Gasteiger partial charge in [0.2, 0.25) is 0 Å². The number of benzene rings is 1. The molecule has 1 aliphatic rings. The van der Waals surface area contributed by atoms with Gasteiger partial charge in [-0.25, -0.2) is 4.39 Å². The molecular formula is C14H16F4N4O3.